The molecule has 0 aliphatic rings. The number of aryl methyl sites for hydroxylation is 1. The molecule has 1 aromatic carbocycles. The Morgan fingerprint density at radius 2 is 2.05 bits per heavy atom. The van der Waals surface area contributed by atoms with Gasteiger partial charge in [0, 0.05) is 10.8 Å². The van der Waals surface area contributed by atoms with Gasteiger partial charge < -0.3 is 14.6 Å². The Balaban J connectivity index is 1.88. The van der Waals surface area contributed by atoms with Crippen LogP contribution in [0.15, 0.2) is 34.7 Å². The van der Waals surface area contributed by atoms with Crippen molar-refractivity contribution in [3.8, 4) is 0 Å². The predicted molar refractivity (Wildman–Crippen MR) is 86.3 cm³/mol. The molecule has 2 heterocycles. The molecule has 0 radical (unpaired) electrons. The first-order chi connectivity index (χ1) is 10.5. The van der Waals surface area contributed by atoms with Crippen molar-refractivity contribution in [3.63, 3.8) is 0 Å². The van der Waals surface area contributed by atoms with E-state index in [2.05, 4.69) is 10.3 Å². The van der Waals surface area contributed by atoms with Crippen LogP contribution >= 0.6 is 0 Å². The third kappa shape index (κ3) is 2.94. The number of aromatic nitrogens is 1. The minimum atomic E-state index is -0.195. The second kappa shape index (κ2) is 5.77. The highest BCUT2D eigenvalue weighted by atomic mass is 16.4. The van der Waals surface area contributed by atoms with Gasteiger partial charge >= 0.3 is 0 Å². The number of nitrogens with one attached hydrogen (secondary N) is 2. The molecule has 0 saturated heterocycles. The van der Waals surface area contributed by atoms with Crippen molar-refractivity contribution in [2.45, 2.75) is 6.92 Å². The molecule has 3 aromatic rings. The number of hydrogen-bond acceptors (Lipinski definition) is 3. The zero-order valence-electron chi connectivity index (χ0n) is 13.1. The Labute approximate surface area is 128 Å². The van der Waals surface area contributed by atoms with Gasteiger partial charge in [-0.15, -0.1) is 0 Å². The summed E-state index contributed by atoms with van der Waals surface area (Å²) >= 11 is 0. The van der Waals surface area contributed by atoms with Crippen molar-refractivity contribution >= 4 is 27.9 Å². The summed E-state index contributed by atoms with van der Waals surface area (Å²) in [7, 11) is 4.09. The monoisotopic (exact) mass is 298 g/mol. The first-order valence-corrected chi connectivity index (χ1v) is 7.41. The number of fused-ring (bicyclic) bond motifs is 2. The topological polar surface area (TPSA) is 59.6 Å². The quantitative estimate of drug-likeness (QED) is 0.760. The van der Waals surface area contributed by atoms with Gasteiger partial charge in [0.15, 0.2) is 5.76 Å². The van der Waals surface area contributed by atoms with Crippen molar-refractivity contribution in [2.75, 3.05) is 27.2 Å². The molecule has 0 fully saturated rings. The summed E-state index contributed by atoms with van der Waals surface area (Å²) in [5.74, 6) is 0.114. The highest BCUT2D eigenvalue weighted by Crippen LogP contribution is 2.23. The van der Waals surface area contributed by atoms with E-state index in [0.29, 0.717) is 18.0 Å². The van der Waals surface area contributed by atoms with Crippen molar-refractivity contribution in [2.24, 2.45) is 0 Å². The first kappa shape index (κ1) is 14.5. The number of furan rings is 1. The molecule has 0 aliphatic heterocycles. The fourth-order valence-corrected chi connectivity index (χ4v) is 2.36. The lowest BCUT2D eigenvalue weighted by molar-refractivity contribution is -0.856. The fraction of sp³-hybridized carbons (Fsp3) is 0.294. The number of carbonyl (C=O) groups is 1. The van der Waals surface area contributed by atoms with Gasteiger partial charge in [0.05, 0.1) is 32.7 Å². The number of nitrogens with zero attached hydrogens (tertiary/aromatic N) is 1. The highest BCUT2D eigenvalue weighted by molar-refractivity contribution is 5.98. The van der Waals surface area contributed by atoms with E-state index in [4.69, 9.17) is 4.42 Å². The summed E-state index contributed by atoms with van der Waals surface area (Å²) in [6.07, 6.45) is 0. The maximum atomic E-state index is 12.1. The molecule has 0 atom stereocenters. The Morgan fingerprint density at radius 3 is 2.82 bits per heavy atom. The molecular weight excluding hydrogens is 278 g/mol. The molecule has 0 aliphatic carbocycles. The summed E-state index contributed by atoms with van der Waals surface area (Å²) < 4.78 is 5.61. The Bertz CT molecular complexity index is 836. The number of pyridine rings is 1. The van der Waals surface area contributed by atoms with E-state index < -0.39 is 0 Å². The third-order valence-electron chi connectivity index (χ3n) is 3.59. The summed E-state index contributed by atoms with van der Waals surface area (Å²) in [5.41, 5.74) is 2.53. The van der Waals surface area contributed by atoms with Crippen molar-refractivity contribution in [1.29, 1.82) is 0 Å². The lowest BCUT2D eigenvalue weighted by Crippen LogP contribution is -3.06. The molecular formula is C17H20N3O2+. The maximum Gasteiger partial charge on any atom is 0.287 e. The fourth-order valence-electron chi connectivity index (χ4n) is 2.36. The van der Waals surface area contributed by atoms with Crippen LogP contribution in [0, 0.1) is 6.92 Å². The molecule has 22 heavy (non-hydrogen) atoms. The Morgan fingerprint density at radius 1 is 1.23 bits per heavy atom. The number of benzene rings is 1. The van der Waals surface area contributed by atoms with Crippen molar-refractivity contribution in [1.82, 2.24) is 10.3 Å². The zero-order chi connectivity index (χ0) is 15.7. The van der Waals surface area contributed by atoms with Gasteiger partial charge in [-0.25, -0.2) is 4.98 Å². The van der Waals surface area contributed by atoms with E-state index in [0.717, 1.165) is 28.4 Å². The van der Waals surface area contributed by atoms with Crippen molar-refractivity contribution < 1.29 is 14.1 Å². The molecule has 114 valence electrons. The van der Waals surface area contributed by atoms with Gasteiger partial charge in [-0.3, -0.25) is 4.79 Å². The van der Waals surface area contributed by atoms with Gasteiger partial charge in [0.2, 0.25) is 5.71 Å². The van der Waals surface area contributed by atoms with Crippen LogP contribution in [0.25, 0.3) is 22.0 Å². The van der Waals surface area contributed by atoms with Crippen LogP contribution in [-0.2, 0) is 0 Å². The second-order valence-corrected chi connectivity index (χ2v) is 5.90. The van der Waals surface area contributed by atoms with Gasteiger partial charge in [0.1, 0.15) is 0 Å². The zero-order valence-corrected chi connectivity index (χ0v) is 13.1. The average Bonchev–Trinajstić information content (AvgIpc) is 2.87. The van der Waals surface area contributed by atoms with Crippen LogP contribution in [0.2, 0.25) is 0 Å². The normalized spacial score (nSPS) is 11.5. The Hall–Kier alpha value is -2.40. The molecule has 0 bridgehead atoms. The molecule has 5 nitrogen and oxygen atoms in total. The van der Waals surface area contributed by atoms with Crippen LogP contribution in [0.1, 0.15) is 16.1 Å². The number of amides is 1. The molecule has 5 heteroatoms. The van der Waals surface area contributed by atoms with Crippen molar-refractivity contribution in [3.05, 3.63) is 41.7 Å². The third-order valence-corrected chi connectivity index (χ3v) is 3.59. The second-order valence-electron chi connectivity index (χ2n) is 5.90. The first-order valence-electron chi connectivity index (χ1n) is 7.41. The number of likely N-dealkylation sites (N-methyl/N-ethyl adjacent to an activating group) is 1. The largest absolute Gasteiger partial charge is 0.433 e. The minimum absolute atomic E-state index is 0.195. The van der Waals surface area contributed by atoms with E-state index in [1.807, 2.05) is 45.3 Å². The predicted octanol–water partition coefficient (Wildman–Crippen LogP) is 1.16. The van der Waals surface area contributed by atoms with Crippen LogP contribution in [0.5, 0.6) is 0 Å². The smallest absolute Gasteiger partial charge is 0.287 e. The molecule has 0 spiro atoms. The van der Waals surface area contributed by atoms with Crippen LogP contribution < -0.4 is 10.2 Å². The van der Waals surface area contributed by atoms with Gasteiger partial charge in [-0.2, -0.15) is 0 Å². The highest BCUT2D eigenvalue weighted by Gasteiger charge is 2.13. The molecule has 0 saturated carbocycles. The standard InChI is InChI=1S/C17H19N3O2/c1-11-4-5-12-9-13-10-15(16(21)18-6-7-20(2)3)22-17(13)19-14(12)8-11/h4-5,8-10H,6-7H2,1-3H3,(H,18,21)/p+1. The number of hydrogen-bond donors (Lipinski definition) is 2. The van der Waals surface area contributed by atoms with Gasteiger partial charge in [-0.05, 0) is 30.7 Å². The van der Waals surface area contributed by atoms with Crippen LogP contribution in [0.3, 0.4) is 0 Å². The number of rotatable bonds is 4. The Kier molecular flexibility index (Phi) is 3.81. The molecule has 0 unspecified atom stereocenters. The van der Waals surface area contributed by atoms with Gasteiger partial charge in [0.25, 0.3) is 5.91 Å². The maximum absolute atomic E-state index is 12.1. The number of quaternary nitrogens is 1. The SMILES string of the molecule is Cc1ccc2cc3cc(C(=O)NCC[NH+](C)C)oc3nc2c1. The van der Waals surface area contributed by atoms with E-state index >= 15 is 0 Å². The summed E-state index contributed by atoms with van der Waals surface area (Å²) in [6.45, 7) is 3.51. The number of carbonyl (C=O) groups excluding carboxylic acids is 1. The summed E-state index contributed by atoms with van der Waals surface area (Å²) in [4.78, 5) is 17.9. The van der Waals surface area contributed by atoms with Gasteiger partial charge in [-0.1, -0.05) is 12.1 Å². The van der Waals surface area contributed by atoms with E-state index in [1.54, 1.807) is 6.07 Å². The van der Waals surface area contributed by atoms with E-state index in [1.165, 1.54) is 4.90 Å². The average molecular weight is 298 g/mol. The molecule has 3 rings (SSSR count). The van der Waals surface area contributed by atoms with E-state index in [-0.39, 0.29) is 5.91 Å². The molecule has 2 aromatic heterocycles. The minimum Gasteiger partial charge on any atom is -0.433 e. The van der Waals surface area contributed by atoms with Crippen LogP contribution in [-0.4, -0.2) is 38.1 Å². The molecule has 1 amide bonds. The lowest BCUT2D eigenvalue weighted by Gasteiger charge is -2.06. The molecule has 2 N–H and O–H groups in total. The summed E-state index contributed by atoms with van der Waals surface area (Å²) in [6, 6.07) is 9.84. The van der Waals surface area contributed by atoms with E-state index in [9.17, 15) is 4.79 Å². The van der Waals surface area contributed by atoms with Crippen LogP contribution in [0.4, 0.5) is 0 Å². The summed E-state index contributed by atoms with van der Waals surface area (Å²) in [5, 5.41) is 4.75. The lowest BCUT2D eigenvalue weighted by atomic mass is 10.1.